The summed E-state index contributed by atoms with van der Waals surface area (Å²) in [6.07, 6.45) is -1.99. The smallest absolute Gasteiger partial charge is 0.354 e. The third-order valence-corrected chi connectivity index (χ3v) is 4.64. The zero-order chi connectivity index (χ0) is 18.4. The number of hydrogen-bond acceptors (Lipinski definition) is 2. The lowest BCUT2D eigenvalue weighted by Crippen LogP contribution is -2.40. The summed E-state index contributed by atoms with van der Waals surface area (Å²) in [7, 11) is 1.57. The number of imidazole rings is 1. The average molecular weight is 354 g/mol. The van der Waals surface area contributed by atoms with E-state index < -0.39 is 11.9 Å². The molecule has 1 amide bonds. The molecule has 3 rings (SSSR count). The summed E-state index contributed by atoms with van der Waals surface area (Å²) in [6, 6.07) is 1.91. The molecule has 25 heavy (non-hydrogen) atoms. The fourth-order valence-electron chi connectivity index (χ4n) is 3.48. The Hall–Kier alpha value is -2.25. The summed E-state index contributed by atoms with van der Waals surface area (Å²) in [5, 5.41) is 0. The van der Waals surface area contributed by atoms with Crippen LogP contribution in [0.4, 0.5) is 13.2 Å². The molecule has 1 N–H and O–H groups in total. The number of nitrogens with one attached hydrogen (secondary N) is 1. The van der Waals surface area contributed by atoms with E-state index in [-0.39, 0.29) is 11.8 Å². The Morgan fingerprint density at radius 1 is 1.36 bits per heavy atom. The number of alkyl halides is 3. The summed E-state index contributed by atoms with van der Waals surface area (Å²) in [5.41, 5.74) is 1.45. The van der Waals surface area contributed by atoms with Gasteiger partial charge in [-0.2, -0.15) is 13.2 Å². The normalized spacial score (nSPS) is 18.6. The second-order valence-electron chi connectivity index (χ2n) is 6.69. The number of carbonyl (C=O) groups excluding carboxylic acids is 1. The standard InChI is InChI=1S/C17H21F3N4O/c1-10-7-11(2)21-14(10)16(25)24-6-4-5-12(8-24)15-22-13(9-23(15)3)17(18,19)20/h7,9,12,21H,4-6,8H2,1-3H3/t12-/m1/s1. The Morgan fingerprint density at radius 3 is 2.64 bits per heavy atom. The molecule has 1 saturated heterocycles. The zero-order valence-electron chi connectivity index (χ0n) is 14.4. The van der Waals surface area contributed by atoms with Gasteiger partial charge >= 0.3 is 6.18 Å². The topological polar surface area (TPSA) is 53.9 Å². The van der Waals surface area contributed by atoms with Gasteiger partial charge in [0.1, 0.15) is 11.5 Å². The molecule has 0 aromatic carbocycles. The van der Waals surface area contributed by atoms with Gasteiger partial charge < -0.3 is 14.5 Å². The Kier molecular flexibility index (Phi) is 4.38. The first kappa shape index (κ1) is 17.6. The van der Waals surface area contributed by atoms with Gasteiger partial charge in [-0.15, -0.1) is 0 Å². The van der Waals surface area contributed by atoms with Gasteiger partial charge in [-0.1, -0.05) is 0 Å². The van der Waals surface area contributed by atoms with Crippen LogP contribution in [0.25, 0.3) is 0 Å². The maximum absolute atomic E-state index is 12.9. The van der Waals surface area contributed by atoms with E-state index in [1.165, 1.54) is 4.57 Å². The Balaban J connectivity index is 1.81. The van der Waals surface area contributed by atoms with Crippen molar-refractivity contribution in [1.82, 2.24) is 19.4 Å². The highest BCUT2D eigenvalue weighted by molar-refractivity contribution is 5.94. The van der Waals surface area contributed by atoms with Gasteiger partial charge in [-0.25, -0.2) is 4.98 Å². The number of halogens is 3. The number of aromatic nitrogens is 3. The number of carbonyl (C=O) groups is 1. The average Bonchev–Trinajstić information content (AvgIpc) is 3.09. The predicted octanol–water partition coefficient (Wildman–Crippen LogP) is 3.40. The summed E-state index contributed by atoms with van der Waals surface area (Å²) in [5.74, 6) is 0.0694. The Bertz CT molecular complexity index is 790. The van der Waals surface area contributed by atoms with Gasteiger partial charge in [-0.3, -0.25) is 4.79 Å². The van der Waals surface area contributed by atoms with Gasteiger partial charge in [0.15, 0.2) is 5.69 Å². The predicted molar refractivity (Wildman–Crippen MR) is 86.4 cm³/mol. The van der Waals surface area contributed by atoms with E-state index in [1.54, 1.807) is 11.9 Å². The molecule has 0 spiro atoms. The van der Waals surface area contributed by atoms with Crippen molar-refractivity contribution < 1.29 is 18.0 Å². The summed E-state index contributed by atoms with van der Waals surface area (Å²) < 4.78 is 40.1. The first-order chi connectivity index (χ1) is 11.7. The molecule has 0 bridgehead atoms. The van der Waals surface area contributed by atoms with Gasteiger partial charge in [-0.05, 0) is 38.3 Å². The molecular formula is C17H21F3N4O. The molecular weight excluding hydrogens is 333 g/mol. The maximum Gasteiger partial charge on any atom is 0.434 e. The summed E-state index contributed by atoms with van der Waals surface area (Å²) in [6.45, 7) is 4.73. The van der Waals surface area contributed by atoms with Crippen LogP contribution in [0.2, 0.25) is 0 Å². The van der Waals surface area contributed by atoms with E-state index in [0.29, 0.717) is 31.0 Å². The van der Waals surface area contributed by atoms with E-state index in [9.17, 15) is 18.0 Å². The van der Waals surface area contributed by atoms with Crippen molar-refractivity contribution in [2.75, 3.05) is 13.1 Å². The third-order valence-electron chi connectivity index (χ3n) is 4.64. The molecule has 0 saturated carbocycles. The Labute approximate surface area is 143 Å². The van der Waals surface area contributed by atoms with Crippen molar-refractivity contribution >= 4 is 5.91 Å². The lowest BCUT2D eigenvalue weighted by molar-refractivity contribution is -0.141. The number of likely N-dealkylation sites (tertiary alicyclic amines) is 1. The number of amides is 1. The Morgan fingerprint density at radius 2 is 2.08 bits per heavy atom. The monoisotopic (exact) mass is 354 g/mol. The van der Waals surface area contributed by atoms with E-state index in [1.807, 2.05) is 19.9 Å². The second-order valence-corrected chi connectivity index (χ2v) is 6.69. The van der Waals surface area contributed by atoms with Crippen LogP contribution >= 0.6 is 0 Å². The van der Waals surface area contributed by atoms with E-state index in [4.69, 9.17) is 0 Å². The van der Waals surface area contributed by atoms with Crippen molar-refractivity contribution in [2.45, 2.75) is 38.8 Å². The van der Waals surface area contributed by atoms with Crippen LogP contribution in [0.5, 0.6) is 0 Å². The minimum absolute atomic E-state index is 0.111. The maximum atomic E-state index is 12.9. The number of rotatable bonds is 2. The van der Waals surface area contributed by atoms with Crippen LogP contribution in [0.3, 0.4) is 0 Å². The molecule has 1 atom stereocenters. The molecule has 2 aromatic heterocycles. The van der Waals surface area contributed by atoms with Crippen LogP contribution in [-0.2, 0) is 13.2 Å². The largest absolute Gasteiger partial charge is 0.434 e. The summed E-state index contributed by atoms with van der Waals surface area (Å²) in [4.78, 5) is 21.3. The molecule has 3 heterocycles. The summed E-state index contributed by atoms with van der Waals surface area (Å²) >= 11 is 0. The highest BCUT2D eigenvalue weighted by atomic mass is 19.4. The van der Waals surface area contributed by atoms with Crippen LogP contribution in [0, 0.1) is 13.8 Å². The molecule has 1 aliphatic heterocycles. The lowest BCUT2D eigenvalue weighted by Gasteiger charge is -2.32. The van der Waals surface area contributed by atoms with E-state index in [0.717, 1.165) is 23.9 Å². The molecule has 2 aromatic rings. The number of aryl methyl sites for hydroxylation is 3. The molecule has 0 radical (unpaired) electrons. The number of piperidine rings is 1. The highest BCUT2D eigenvalue weighted by Gasteiger charge is 2.36. The molecule has 1 aliphatic rings. The van der Waals surface area contributed by atoms with Crippen molar-refractivity contribution in [1.29, 1.82) is 0 Å². The van der Waals surface area contributed by atoms with Gasteiger partial charge in [0.05, 0.1) is 0 Å². The first-order valence-corrected chi connectivity index (χ1v) is 8.22. The number of nitrogens with zero attached hydrogens (tertiary/aromatic N) is 3. The van der Waals surface area contributed by atoms with Crippen LogP contribution in [-0.4, -0.2) is 38.4 Å². The second kappa shape index (κ2) is 6.24. The van der Waals surface area contributed by atoms with Crippen LogP contribution in [0.1, 0.15) is 52.0 Å². The SMILES string of the molecule is Cc1cc(C)c(C(=O)N2CCC[C@@H](c3nc(C(F)(F)F)cn3C)C2)[nH]1. The molecule has 0 unspecified atom stereocenters. The number of aromatic amines is 1. The number of H-pyrrole nitrogens is 1. The minimum Gasteiger partial charge on any atom is -0.354 e. The fraction of sp³-hybridized carbons (Fsp3) is 0.529. The van der Waals surface area contributed by atoms with Crippen molar-refractivity contribution in [3.63, 3.8) is 0 Å². The molecule has 5 nitrogen and oxygen atoms in total. The van der Waals surface area contributed by atoms with Crippen molar-refractivity contribution in [3.8, 4) is 0 Å². The molecule has 8 heteroatoms. The van der Waals surface area contributed by atoms with Crippen LogP contribution in [0.15, 0.2) is 12.3 Å². The number of hydrogen-bond donors (Lipinski definition) is 1. The van der Waals surface area contributed by atoms with Crippen molar-refractivity contribution in [3.05, 3.63) is 40.7 Å². The third kappa shape index (κ3) is 3.43. The fourth-order valence-corrected chi connectivity index (χ4v) is 3.48. The highest BCUT2D eigenvalue weighted by Crippen LogP contribution is 2.32. The molecule has 0 aliphatic carbocycles. The molecule has 136 valence electrons. The first-order valence-electron chi connectivity index (χ1n) is 8.22. The minimum atomic E-state index is -4.46. The molecule has 1 fully saturated rings. The van der Waals surface area contributed by atoms with Gasteiger partial charge in [0.25, 0.3) is 5.91 Å². The van der Waals surface area contributed by atoms with Gasteiger partial charge in [0, 0.05) is 37.9 Å². The lowest BCUT2D eigenvalue weighted by atomic mass is 9.96. The van der Waals surface area contributed by atoms with E-state index >= 15 is 0 Å². The van der Waals surface area contributed by atoms with E-state index in [2.05, 4.69) is 9.97 Å². The quantitative estimate of drug-likeness (QED) is 0.899. The zero-order valence-corrected chi connectivity index (χ0v) is 14.4. The van der Waals surface area contributed by atoms with Gasteiger partial charge in [0.2, 0.25) is 0 Å². The van der Waals surface area contributed by atoms with Crippen LogP contribution < -0.4 is 0 Å². The van der Waals surface area contributed by atoms with Crippen molar-refractivity contribution in [2.24, 2.45) is 7.05 Å².